The fraction of sp³-hybridized carbons (Fsp3) is 0.500. The molecule has 0 saturated carbocycles. The van der Waals surface area contributed by atoms with Crippen molar-refractivity contribution in [2.75, 3.05) is 11.6 Å². The molecule has 2 rings (SSSR count). The summed E-state index contributed by atoms with van der Waals surface area (Å²) < 4.78 is 1.72. The highest BCUT2D eigenvalue weighted by Crippen LogP contribution is 2.16. The standard InChI is InChI=1S/C6H8N4OS/c1-12-6-8-5-7-4(11)2-3-10(5)9-6/h2-3H2,1H3,(H,7,8,9,11). The summed E-state index contributed by atoms with van der Waals surface area (Å²) in [6.45, 7) is 0.634. The first kappa shape index (κ1) is 7.60. The zero-order chi connectivity index (χ0) is 8.55. The molecule has 0 saturated heterocycles. The number of amides is 1. The maximum atomic E-state index is 10.9. The Bertz CT molecular complexity index is 321. The predicted molar refractivity (Wildman–Crippen MR) is 45.0 cm³/mol. The van der Waals surface area contributed by atoms with Gasteiger partial charge in [-0.25, -0.2) is 4.68 Å². The molecule has 0 bridgehead atoms. The van der Waals surface area contributed by atoms with Crippen LogP contribution in [0.2, 0.25) is 0 Å². The van der Waals surface area contributed by atoms with Gasteiger partial charge in [0, 0.05) is 6.42 Å². The van der Waals surface area contributed by atoms with Crippen LogP contribution in [0.15, 0.2) is 5.16 Å². The van der Waals surface area contributed by atoms with Gasteiger partial charge in [0.15, 0.2) is 0 Å². The summed E-state index contributed by atoms with van der Waals surface area (Å²) in [7, 11) is 0. The summed E-state index contributed by atoms with van der Waals surface area (Å²) >= 11 is 1.47. The van der Waals surface area contributed by atoms with Gasteiger partial charge >= 0.3 is 0 Å². The first-order valence-corrected chi connectivity index (χ1v) is 4.81. The summed E-state index contributed by atoms with van der Waals surface area (Å²) in [5, 5.41) is 7.51. The van der Waals surface area contributed by atoms with Gasteiger partial charge in [0.25, 0.3) is 0 Å². The normalized spacial score (nSPS) is 15.6. The van der Waals surface area contributed by atoms with Gasteiger partial charge in [-0.2, -0.15) is 4.98 Å². The molecule has 1 aliphatic heterocycles. The van der Waals surface area contributed by atoms with Crippen LogP contribution in [0.1, 0.15) is 6.42 Å². The molecule has 6 heteroatoms. The first-order valence-electron chi connectivity index (χ1n) is 3.58. The van der Waals surface area contributed by atoms with Crippen molar-refractivity contribution in [3.8, 4) is 0 Å². The van der Waals surface area contributed by atoms with Crippen LogP contribution < -0.4 is 5.32 Å². The highest BCUT2D eigenvalue weighted by Gasteiger charge is 2.17. The SMILES string of the molecule is CSc1nc2n(n1)CCC(=O)N2. The second-order valence-electron chi connectivity index (χ2n) is 2.44. The van der Waals surface area contributed by atoms with Gasteiger partial charge < -0.3 is 0 Å². The minimum Gasteiger partial charge on any atom is -0.295 e. The van der Waals surface area contributed by atoms with E-state index in [1.165, 1.54) is 11.8 Å². The fourth-order valence-corrected chi connectivity index (χ4v) is 1.41. The van der Waals surface area contributed by atoms with Crippen molar-refractivity contribution in [1.29, 1.82) is 0 Å². The highest BCUT2D eigenvalue weighted by molar-refractivity contribution is 7.98. The van der Waals surface area contributed by atoms with Gasteiger partial charge in [-0.05, 0) is 6.26 Å². The summed E-state index contributed by atoms with van der Waals surface area (Å²) in [6, 6.07) is 0. The lowest BCUT2D eigenvalue weighted by Gasteiger charge is -2.11. The second kappa shape index (κ2) is 2.78. The molecule has 1 aromatic rings. The van der Waals surface area contributed by atoms with Crippen LogP contribution in [0.5, 0.6) is 0 Å². The van der Waals surface area contributed by atoms with Gasteiger partial charge in [0.05, 0.1) is 6.54 Å². The van der Waals surface area contributed by atoms with E-state index in [-0.39, 0.29) is 5.91 Å². The average Bonchev–Trinajstić information content (AvgIpc) is 2.46. The van der Waals surface area contributed by atoms with Gasteiger partial charge in [-0.15, -0.1) is 5.10 Å². The molecule has 12 heavy (non-hydrogen) atoms. The lowest BCUT2D eigenvalue weighted by Crippen LogP contribution is -2.23. The van der Waals surface area contributed by atoms with Crippen molar-refractivity contribution in [2.24, 2.45) is 0 Å². The molecule has 0 aromatic carbocycles. The minimum atomic E-state index is 0.0163. The van der Waals surface area contributed by atoms with Gasteiger partial charge in [0.2, 0.25) is 17.0 Å². The molecule has 2 heterocycles. The van der Waals surface area contributed by atoms with E-state index in [2.05, 4.69) is 15.4 Å². The summed E-state index contributed by atoms with van der Waals surface area (Å²) in [4.78, 5) is 15.0. The Kier molecular flexibility index (Phi) is 1.76. The van der Waals surface area contributed by atoms with E-state index in [0.717, 1.165) is 0 Å². The molecule has 1 N–H and O–H groups in total. The molecule has 0 aliphatic carbocycles. The summed E-state index contributed by atoms with van der Waals surface area (Å²) in [5.41, 5.74) is 0. The third-order valence-corrected chi connectivity index (χ3v) is 2.17. The number of hydrogen-bond donors (Lipinski definition) is 1. The van der Waals surface area contributed by atoms with Crippen LogP contribution in [-0.4, -0.2) is 26.9 Å². The molecule has 0 fully saturated rings. The quantitative estimate of drug-likeness (QED) is 0.639. The van der Waals surface area contributed by atoms with Crippen LogP contribution >= 0.6 is 11.8 Å². The van der Waals surface area contributed by atoms with Crippen molar-refractivity contribution in [1.82, 2.24) is 14.8 Å². The number of hydrogen-bond acceptors (Lipinski definition) is 4. The Morgan fingerprint density at radius 2 is 2.50 bits per heavy atom. The van der Waals surface area contributed by atoms with Gasteiger partial charge in [0.1, 0.15) is 0 Å². The molecule has 64 valence electrons. The molecule has 5 nitrogen and oxygen atoms in total. The summed E-state index contributed by atoms with van der Waals surface area (Å²) in [6.07, 6.45) is 2.40. The van der Waals surface area contributed by atoms with Crippen molar-refractivity contribution in [2.45, 2.75) is 18.1 Å². The number of fused-ring (bicyclic) bond motifs is 1. The number of rotatable bonds is 1. The Hall–Kier alpha value is -1.04. The lowest BCUT2D eigenvalue weighted by molar-refractivity contribution is -0.117. The number of thioether (sulfide) groups is 1. The monoisotopic (exact) mass is 184 g/mol. The molecule has 1 aliphatic rings. The Labute approximate surface area is 73.5 Å². The Morgan fingerprint density at radius 3 is 3.25 bits per heavy atom. The van der Waals surface area contributed by atoms with Crippen molar-refractivity contribution in [3.63, 3.8) is 0 Å². The number of nitrogens with zero attached hydrogens (tertiary/aromatic N) is 3. The fourth-order valence-electron chi connectivity index (χ4n) is 1.05. The number of aromatic nitrogens is 3. The number of carbonyl (C=O) groups is 1. The second-order valence-corrected chi connectivity index (χ2v) is 3.22. The van der Waals surface area contributed by atoms with Crippen LogP contribution in [0.3, 0.4) is 0 Å². The van der Waals surface area contributed by atoms with Crippen molar-refractivity contribution in [3.05, 3.63) is 0 Å². The molecule has 1 amide bonds. The predicted octanol–water partition coefficient (Wildman–Crippen LogP) is 0.342. The maximum Gasteiger partial charge on any atom is 0.228 e. The van der Waals surface area contributed by atoms with Crippen LogP contribution in [0.25, 0.3) is 0 Å². The van der Waals surface area contributed by atoms with E-state index in [0.29, 0.717) is 24.1 Å². The minimum absolute atomic E-state index is 0.0163. The molecule has 1 aromatic heterocycles. The molecule has 0 radical (unpaired) electrons. The van der Waals surface area contributed by atoms with Crippen LogP contribution in [-0.2, 0) is 11.3 Å². The lowest BCUT2D eigenvalue weighted by atomic mass is 10.4. The van der Waals surface area contributed by atoms with Crippen molar-refractivity contribution < 1.29 is 4.79 Å². The number of carbonyl (C=O) groups excluding carboxylic acids is 1. The first-order chi connectivity index (χ1) is 5.79. The Morgan fingerprint density at radius 1 is 1.67 bits per heavy atom. The number of nitrogens with one attached hydrogen (secondary N) is 1. The van der Waals surface area contributed by atoms with E-state index in [1.807, 2.05) is 6.26 Å². The number of aryl methyl sites for hydroxylation is 1. The smallest absolute Gasteiger partial charge is 0.228 e. The third-order valence-electron chi connectivity index (χ3n) is 1.64. The van der Waals surface area contributed by atoms with E-state index < -0.39 is 0 Å². The van der Waals surface area contributed by atoms with Crippen LogP contribution in [0.4, 0.5) is 5.95 Å². The largest absolute Gasteiger partial charge is 0.295 e. The number of anilines is 1. The van der Waals surface area contributed by atoms with Gasteiger partial charge in [-0.1, -0.05) is 11.8 Å². The van der Waals surface area contributed by atoms with E-state index >= 15 is 0 Å². The van der Waals surface area contributed by atoms with Crippen LogP contribution in [0, 0.1) is 0 Å². The topological polar surface area (TPSA) is 59.8 Å². The molecule has 0 atom stereocenters. The van der Waals surface area contributed by atoms with E-state index in [4.69, 9.17) is 0 Å². The highest BCUT2D eigenvalue weighted by atomic mass is 32.2. The Balaban J connectivity index is 2.34. The van der Waals surface area contributed by atoms with E-state index in [1.54, 1.807) is 4.68 Å². The molecule has 0 spiro atoms. The molecule has 0 unspecified atom stereocenters. The van der Waals surface area contributed by atoms with Gasteiger partial charge in [-0.3, -0.25) is 10.1 Å². The maximum absolute atomic E-state index is 10.9. The zero-order valence-electron chi connectivity index (χ0n) is 6.57. The summed E-state index contributed by atoms with van der Waals surface area (Å²) in [5.74, 6) is 0.582. The average molecular weight is 184 g/mol. The van der Waals surface area contributed by atoms with Crippen molar-refractivity contribution >= 4 is 23.6 Å². The van der Waals surface area contributed by atoms with E-state index in [9.17, 15) is 4.79 Å². The third kappa shape index (κ3) is 1.18. The zero-order valence-corrected chi connectivity index (χ0v) is 7.39. The molecular formula is C6H8N4OS. The molecular weight excluding hydrogens is 176 g/mol.